The van der Waals surface area contributed by atoms with Gasteiger partial charge in [0.1, 0.15) is 6.61 Å². The molecule has 16 heavy (non-hydrogen) atoms. The van der Waals surface area contributed by atoms with E-state index in [0.717, 1.165) is 0 Å². The molecule has 1 aromatic rings. The summed E-state index contributed by atoms with van der Waals surface area (Å²) in [5.41, 5.74) is 0. The Kier molecular flexibility index (Phi) is 5.00. The van der Waals surface area contributed by atoms with Gasteiger partial charge >= 0.3 is 11.8 Å². The maximum atomic E-state index is 11.3. The van der Waals surface area contributed by atoms with E-state index in [-0.39, 0.29) is 13.2 Å². The highest BCUT2D eigenvalue weighted by Crippen LogP contribution is 2.09. The van der Waals surface area contributed by atoms with E-state index >= 15 is 0 Å². The summed E-state index contributed by atoms with van der Waals surface area (Å²) in [5, 5.41) is 6.83. The summed E-state index contributed by atoms with van der Waals surface area (Å²) in [6.45, 7) is 3.87. The highest BCUT2D eigenvalue weighted by atomic mass is 32.1. The van der Waals surface area contributed by atoms with Crippen molar-refractivity contribution < 1.29 is 14.3 Å². The van der Waals surface area contributed by atoms with Crippen molar-refractivity contribution in [2.45, 2.75) is 0 Å². The quantitative estimate of drug-likeness (QED) is 0.443. The van der Waals surface area contributed by atoms with Gasteiger partial charge in [-0.1, -0.05) is 6.58 Å². The molecule has 0 saturated carbocycles. The van der Waals surface area contributed by atoms with Crippen molar-refractivity contribution in [3.63, 3.8) is 0 Å². The van der Waals surface area contributed by atoms with Gasteiger partial charge in [-0.2, -0.15) is 0 Å². The number of thiazole rings is 1. The molecular formula is C9H11N3O3S. The lowest BCUT2D eigenvalue weighted by Gasteiger charge is -2.04. The molecule has 2 N–H and O–H groups in total. The molecule has 0 spiro atoms. The van der Waals surface area contributed by atoms with Crippen LogP contribution in [-0.4, -0.2) is 29.9 Å². The van der Waals surface area contributed by atoms with Crippen molar-refractivity contribution in [1.29, 1.82) is 0 Å². The molecule has 0 saturated heterocycles. The fourth-order valence-electron chi connectivity index (χ4n) is 0.826. The fourth-order valence-corrected chi connectivity index (χ4v) is 1.35. The SMILES string of the molecule is C=COCCNC(=O)C(=O)Nc1nccs1. The lowest BCUT2D eigenvalue weighted by molar-refractivity contribution is -0.136. The maximum absolute atomic E-state index is 11.3. The first-order chi connectivity index (χ1) is 7.74. The van der Waals surface area contributed by atoms with Crippen molar-refractivity contribution in [2.24, 2.45) is 0 Å². The van der Waals surface area contributed by atoms with Gasteiger partial charge in [0.2, 0.25) is 0 Å². The minimum absolute atomic E-state index is 0.246. The first-order valence-corrected chi connectivity index (χ1v) is 5.33. The first kappa shape index (κ1) is 12.2. The predicted molar refractivity (Wildman–Crippen MR) is 59.9 cm³/mol. The summed E-state index contributed by atoms with van der Waals surface area (Å²) in [5.74, 6) is -1.46. The van der Waals surface area contributed by atoms with Crippen LogP contribution in [0.25, 0.3) is 0 Å². The molecule has 6 nitrogen and oxygen atoms in total. The van der Waals surface area contributed by atoms with E-state index in [2.05, 4.69) is 22.2 Å². The molecule has 1 aromatic heterocycles. The van der Waals surface area contributed by atoms with Crippen LogP contribution >= 0.6 is 11.3 Å². The van der Waals surface area contributed by atoms with Crippen LogP contribution in [0.4, 0.5) is 5.13 Å². The van der Waals surface area contributed by atoms with E-state index < -0.39 is 11.8 Å². The largest absolute Gasteiger partial charge is 0.500 e. The maximum Gasteiger partial charge on any atom is 0.315 e. The fraction of sp³-hybridized carbons (Fsp3) is 0.222. The van der Waals surface area contributed by atoms with E-state index in [0.29, 0.717) is 5.13 Å². The van der Waals surface area contributed by atoms with Gasteiger partial charge in [-0.05, 0) is 0 Å². The molecular weight excluding hydrogens is 230 g/mol. The molecule has 86 valence electrons. The van der Waals surface area contributed by atoms with E-state index in [1.165, 1.54) is 23.8 Å². The number of nitrogens with zero attached hydrogens (tertiary/aromatic N) is 1. The smallest absolute Gasteiger partial charge is 0.315 e. The average molecular weight is 241 g/mol. The molecule has 0 unspecified atom stereocenters. The summed E-state index contributed by atoms with van der Waals surface area (Å²) in [7, 11) is 0. The number of hydrogen-bond acceptors (Lipinski definition) is 5. The Bertz CT molecular complexity index is 364. The van der Waals surface area contributed by atoms with E-state index in [1.807, 2.05) is 0 Å². The van der Waals surface area contributed by atoms with Crippen LogP contribution in [0.3, 0.4) is 0 Å². The second-order valence-electron chi connectivity index (χ2n) is 2.58. The van der Waals surface area contributed by atoms with Gasteiger partial charge < -0.3 is 10.1 Å². The second kappa shape index (κ2) is 6.57. The lowest BCUT2D eigenvalue weighted by atomic mass is 10.5. The van der Waals surface area contributed by atoms with Crippen molar-refractivity contribution in [3.05, 3.63) is 24.4 Å². The Morgan fingerprint density at radius 1 is 1.56 bits per heavy atom. The van der Waals surface area contributed by atoms with Crippen LogP contribution in [-0.2, 0) is 14.3 Å². The Labute approximate surface area is 96.3 Å². The second-order valence-corrected chi connectivity index (χ2v) is 3.48. The summed E-state index contributed by atoms with van der Waals surface area (Å²) >= 11 is 1.24. The number of ether oxygens (including phenoxy) is 1. The zero-order valence-electron chi connectivity index (χ0n) is 8.43. The van der Waals surface area contributed by atoms with Gasteiger partial charge in [0.15, 0.2) is 5.13 Å². The van der Waals surface area contributed by atoms with Crippen LogP contribution in [0.1, 0.15) is 0 Å². The van der Waals surface area contributed by atoms with Crippen LogP contribution < -0.4 is 10.6 Å². The van der Waals surface area contributed by atoms with Crippen LogP contribution in [0, 0.1) is 0 Å². The molecule has 0 atom stereocenters. The molecule has 1 heterocycles. The summed E-state index contributed by atoms with van der Waals surface area (Å²) in [4.78, 5) is 26.3. The molecule has 0 fully saturated rings. The van der Waals surface area contributed by atoms with Gasteiger partial charge in [0.05, 0.1) is 12.8 Å². The third kappa shape index (κ3) is 4.09. The standard InChI is InChI=1S/C9H11N3O3S/c1-2-15-5-3-10-7(13)8(14)12-9-11-4-6-16-9/h2,4,6H,1,3,5H2,(H,10,13)(H,11,12,14). The van der Waals surface area contributed by atoms with Gasteiger partial charge in [-0.15, -0.1) is 11.3 Å². The number of aromatic nitrogens is 1. The van der Waals surface area contributed by atoms with E-state index in [1.54, 1.807) is 5.38 Å². The minimum atomic E-state index is -0.742. The zero-order valence-corrected chi connectivity index (χ0v) is 9.25. The highest BCUT2D eigenvalue weighted by molar-refractivity contribution is 7.13. The summed E-state index contributed by atoms with van der Waals surface area (Å²) < 4.78 is 4.78. The molecule has 7 heteroatoms. The number of anilines is 1. The molecule has 0 aromatic carbocycles. The Hall–Kier alpha value is -1.89. The lowest BCUT2D eigenvalue weighted by Crippen LogP contribution is -2.36. The van der Waals surface area contributed by atoms with E-state index in [9.17, 15) is 9.59 Å². The first-order valence-electron chi connectivity index (χ1n) is 4.45. The van der Waals surface area contributed by atoms with Crippen LogP contribution in [0.2, 0.25) is 0 Å². The number of carbonyl (C=O) groups is 2. The third-order valence-electron chi connectivity index (χ3n) is 1.48. The molecule has 2 amide bonds. The Morgan fingerprint density at radius 2 is 2.38 bits per heavy atom. The number of hydrogen-bond donors (Lipinski definition) is 2. The molecule has 0 bridgehead atoms. The molecule has 0 aliphatic heterocycles. The minimum Gasteiger partial charge on any atom is -0.500 e. The summed E-state index contributed by atoms with van der Waals surface area (Å²) in [6.07, 6.45) is 2.80. The topological polar surface area (TPSA) is 80.3 Å². The monoisotopic (exact) mass is 241 g/mol. The molecule has 0 radical (unpaired) electrons. The molecule has 0 aliphatic carbocycles. The number of carbonyl (C=O) groups excluding carboxylic acids is 2. The number of rotatable bonds is 5. The van der Waals surface area contributed by atoms with Crippen LogP contribution in [0.15, 0.2) is 24.4 Å². The Morgan fingerprint density at radius 3 is 3.00 bits per heavy atom. The Balaban J connectivity index is 2.25. The van der Waals surface area contributed by atoms with Crippen molar-refractivity contribution in [1.82, 2.24) is 10.3 Å². The highest BCUT2D eigenvalue weighted by Gasteiger charge is 2.13. The summed E-state index contributed by atoms with van der Waals surface area (Å²) in [6, 6.07) is 0. The third-order valence-corrected chi connectivity index (χ3v) is 2.17. The van der Waals surface area contributed by atoms with Crippen molar-refractivity contribution in [3.8, 4) is 0 Å². The molecule has 1 rings (SSSR count). The van der Waals surface area contributed by atoms with E-state index in [4.69, 9.17) is 4.74 Å². The van der Waals surface area contributed by atoms with Gasteiger partial charge in [0.25, 0.3) is 0 Å². The predicted octanol–water partition coefficient (Wildman–Crippen LogP) is 0.358. The zero-order chi connectivity index (χ0) is 11.8. The average Bonchev–Trinajstić information content (AvgIpc) is 2.76. The van der Waals surface area contributed by atoms with Crippen molar-refractivity contribution >= 4 is 28.3 Å². The van der Waals surface area contributed by atoms with Gasteiger partial charge in [-0.3, -0.25) is 14.9 Å². The number of nitrogens with one attached hydrogen (secondary N) is 2. The molecule has 0 aliphatic rings. The normalized spacial score (nSPS) is 9.25. The van der Waals surface area contributed by atoms with Crippen molar-refractivity contribution in [2.75, 3.05) is 18.5 Å². The van der Waals surface area contributed by atoms with Gasteiger partial charge in [-0.25, -0.2) is 4.98 Å². The number of amides is 2. The van der Waals surface area contributed by atoms with Crippen LogP contribution in [0.5, 0.6) is 0 Å². The van der Waals surface area contributed by atoms with Gasteiger partial charge in [0, 0.05) is 11.6 Å².